The molecule has 0 saturated carbocycles. The van der Waals surface area contributed by atoms with Crippen molar-refractivity contribution in [1.82, 2.24) is 14.8 Å². The monoisotopic (exact) mass is 366 g/mol. The SMILES string of the molecule is O=C(c1ccc(NCCN2CCOCC2)nc1)N1CCc2ccccc2C1. The van der Waals surface area contributed by atoms with Crippen LogP contribution in [0.3, 0.4) is 0 Å². The number of carbonyl (C=O) groups excluding carboxylic acids is 1. The highest BCUT2D eigenvalue weighted by molar-refractivity contribution is 5.94. The lowest BCUT2D eigenvalue weighted by molar-refractivity contribution is 0.0398. The zero-order valence-corrected chi connectivity index (χ0v) is 15.6. The van der Waals surface area contributed by atoms with Gasteiger partial charge in [0.1, 0.15) is 5.82 Å². The molecule has 0 aliphatic carbocycles. The fourth-order valence-corrected chi connectivity index (χ4v) is 3.64. The highest BCUT2D eigenvalue weighted by atomic mass is 16.5. The van der Waals surface area contributed by atoms with Crippen molar-refractivity contribution in [3.8, 4) is 0 Å². The van der Waals surface area contributed by atoms with Crippen LogP contribution >= 0.6 is 0 Å². The molecule has 27 heavy (non-hydrogen) atoms. The lowest BCUT2D eigenvalue weighted by atomic mass is 9.99. The fraction of sp³-hybridized carbons (Fsp3) is 0.429. The number of fused-ring (bicyclic) bond motifs is 1. The maximum atomic E-state index is 12.8. The van der Waals surface area contributed by atoms with Crippen molar-refractivity contribution in [3.05, 3.63) is 59.3 Å². The van der Waals surface area contributed by atoms with Gasteiger partial charge in [0, 0.05) is 45.5 Å². The number of morpholine rings is 1. The second-order valence-electron chi connectivity index (χ2n) is 7.06. The molecule has 0 radical (unpaired) electrons. The number of carbonyl (C=O) groups is 1. The highest BCUT2D eigenvalue weighted by Crippen LogP contribution is 2.20. The minimum absolute atomic E-state index is 0.0527. The average molecular weight is 366 g/mol. The molecule has 1 N–H and O–H groups in total. The average Bonchev–Trinajstić information content (AvgIpc) is 2.74. The number of ether oxygens (including phenoxy) is 1. The maximum Gasteiger partial charge on any atom is 0.255 e. The highest BCUT2D eigenvalue weighted by Gasteiger charge is 2.21. The Balaban J connectivity index is 1.30. The van der Waals surface area contributed by atoms with Gasteiger partial charge in [-0.25, -0.2) is 4.98 Å². The van der Waals surface area contributed by atoms with E-state index in [-0.39, 0.29) is 5.91 Å². The van der Waals surface area contributed by atoms with Crippen LogP contribution in [-0.2, 0) is 17.7 Å². The zero-order valence-electron chi connectivity index (χ0n) is 15.6. The summed E-state index contributed by atoms with van der Waals surface area (Å²) in [5, 5.41) is 3.33. The number of amides is 1. The van der Waals surface area contributed by atoms with Gasteiger partial charge >= 0.3 is 0 Å². The van der Waals surface area contributed by atoms with E-state index in [9.17, 15) is 4.79 Å². The number of nitrogens with one attached hydrogen (secondary N) is 1. The van der Waals surface area contributed by atoms with Crippen molar-refractivity contribution in [1.29, 1.82) is 0 Å². The molecule has 1 aromatic carbocycles. The molecule has 0 spiro atoms. The van der Waals surface area contributed by atoms with Crippen LogP contribution in [-0.4, -0.2) is 66.6 Å². The molecule has 4 rings (SSSR count). The number of benzene rings is 1. The number of rotatable bonds is 5. The van der Waals surface area contributed by atoms with Gasteiger partial charge < -0.3 is 15.0 Å². The fourth-order valence-electron chi connectivity index (χ4n) is 3.64. The molecule has 0 unspecified atom stereocenters. The quantitative estimate of drug-likeness (QED) is 0.877. The first-order chi connectivity index (χ1) is 13.3. The molecule has 1 amide bonds. The third kappa shape index (κ3) is 4.46. The van der Waals surface area contributed by atoms with E-state index < -0.39 is 0 Å². The maximum absolute atomic E-state index is 12.8. The summed E-state index contributed by atoms with van der Waals surface area (Å²) in [7, 11) is 0. The Hall–Kier alpha value is -2.44. The molecule has 2 aliphatic rings. The van der Waals surface area contributed by atoms with E-state index in [2.05, 4.69) is 33.4 Å². The number of anilines is 1. The number of pyridine rings is 1. The van der Waals surface area contributed by atoms with Crippen LogP contribution in [0.5, 0.6) is 0 Å². The predicted octanol–water partition coefficient (Wildman–Crippen LogP) is 2.02. The standard InChI is InChI=1S/C21H26N4O2/c26-21(25-9-7-17-3-1-2-4-19(17)16-25)18-5-6-20(23-15-18)22-8-10-24-11-13-27-14-12-24/h1-6,15H,7-14,16H2,(H,22,23). The molecule has 1 saturated heterocycles. The second-order valence-corrected chi connectivity index (χ2v) is 7.06. The lowest BCUT2D eigenvalue weighted by Gasteiger charge is -2.29. The van der Waals surface area contributed by atoms with Crippen molar-refractivity contribution < 1.29 is 9.53 Å². The topological polar surface area (TPSA) is 57.7 Å². The van der Waals surface area contributed by atoms with Crippen molar-refractivity contribution in [2.75, 3.05) is 51.3 Å². The van der Waals surface area contributed by atoms with E-state index in [1.807, 2.05) is 23.1 Å². The number of nitrogens with zero attached hydrogens (tertiary/aromatic N) is 3. The van der Waals surface area contributed by atoms with Crippen molar-refractivity contribution >= 4 is 11.7 Å². The zero-order chi connectivity index (χ0) is 18.5. The molecule has 0 bridgehead atoms. The van der Waals surface area contributed by atoms with E-state index >= 15 is 0 Å². The van der Waals surface area contributed by atoms with E-state index in [0.29, 0.717) is 12.1 Å². The van der Waals surface area contributed by atoms with Crippen molar-refractivity contribution in [2.24, 2.45) is 0 Å². The van der Waals surface area contributed by atoms with Crippen LogP contribution in [0.4, 0.5) is 5.82 Å². The first-order valence-corrected chi connectivity index (χ1v) is 9.66. The van der Waals surface area contributed by atoms with Crippen LogP contribution < -0.4 is 5.32 Å². The third-order valence-electron chi connectivity index (χ3n) is 5.27. The Morgan fingerprint density at radius 1 is 1.07 bits per heavy atom. The molecule has 6 heteroatoms. The normalized spacial score (nSPS) is 17.4. The van der Waals surface area contributed by atoms with Gasteiger partial charge in [0.2, 0.25) is 0 Å². The number of aromatic nitrogens is 1. The molecule has 2 aromatic rings. The Labute approximate surface area is 160 Å². The summed E-state index contributed by atoms with van der Waals surface area (Å²) in [6.07, 6.45) is 2.59. The summed E-state index contributed by atoms with van der Waals surface area (Å²) in [5.74, 6) is 0.862. The van der Waals surface area contributed by atoms with E-state index in [1.165, 1.54) is 11.1 Å². The molecule has 142 valence electrons. The molecule has 2 aliphatic heterocycles. The van der Waals surface area contributed by atoms with Gasteiger partial charge in [-0.1, -0.05) is 24.3 Å². The minimum Gasteiger partial charge on any atom is -0.379 e. The molecule has 1 aromatic heterocycles. The summed E-state index contributed by atoms with van der Waals surface area (Å²) in [6.45, 7) is 6.85. The van der Waals surface area contributed by atoms with E-state index in [1.54, 1.807) is 6.20 Å². The summed E-state index contributed by atoms with van der Waals surface area (Å²) in [4.78, 5) is 21.5. The van der Waals surface area contributed by atoms with Crippen LogP contribution in [0.2, 0.25) is 0 Å². The van der Waals surface area contributed by atoms with Crippen LogP contribution in [0, 0.1) is 0 Å². The Kier molecular flexibility index (Phi) is 5.65. The largest absolute Gasteiger partial charge is 0.379 e. The van der Waals surface area contributed by atoms with Crippen LogP contribution in [0.1, 0.15) is 21.5 Å². The third-order valence-corrected chi connectivity index (χ3v) is 5.27. The minimum atomic E-state index is 0.0527. The van der Waals surface area contributed by atoms with Crippen LogP contribution in [0.15, 0.2) is 42.6 Å². The van der Waals surface area contributed by atoms with E-state index in [0.717, 1.165) is 58.2 Å². The van der Waals surface area contributed by atoms with Gasteiger partial charge in [0.15, 0.2) is 0 Å². The molecular weight excluding hydrogens is 340 g/mol. The molecule has 1 fully saturated rings. The summed E-state index contributed by atoms with van der Waals surface area (Å²) < 4.78 is 5.36. The Morgan fingerprint density at radius 2 is 1.89 bits per heavy atom. The van der Waals surface area contributed by atoms with Gasteiger partial charge in [0.25, 0.3) is 5.91 Å². The van der Waals surface area contributed by atoms with Crippen molar-refractivity contribution in [2.45, 2.75) is 13.0 Å². The lowest BCUT2D eigenvalue weighted by Crippen LogP contribution is -2.39. The van der Waals surface area contributed by atoms with Crippen LogP contribution in [0.25, 0.3) is 0 Å². The first kappa shape index (κ1) is 17.9. The molecule has 0 atom stereocenters. The number of hydrogen-bond acceptors (Lipinski definition) is 5. The molecule has 3 heterocycles. The van der Waals surface area contributed by atoms with E-state index in [4.69, 9.17) is 4.74 Å². The summed E-state index contributed by atoms with van der Waals surface area (Å²) >= 11 is 0. The first-order valence-electron chi connectivity index (χ1n) is 9.66. The van der Waals surface area contributed by atoms with Gasteiger partial charge in [-0.3, -0.25) is 9.69 Å². The second kappa shape index (κ2) is 8.50. The van der Waals surface area contributed by atoms with Crippen molar-refractivity contribution in [3.63, 3.8) is 0 Å². The summed E-state index contributed by atoms with van der Waals surface area (Å²) in [5.41, 5.74) is 3.24. The van der Waals surface area contributed by atoms with Gasteiger partial charge in [-0.2, -0.15) is 0 Å². The Morgan fingerprint density at radius 3 is 2.67 bits per heavy atom. The Bertz CT molecular complexity index is 772. The molecule has 6 nitrogen and oxygen atoms in total. The van der Waals surface area contributed by atoms with Gasteiger partial charge in [-0.05, 0) is 29.7 Å². The van der Waals surface area contributed by atoms with Gasteiger partial charge in [-0.15, -0.1) is 0 Å². The smallest absolute Gasteiger partial charge is 0.255 e. The molecular formula is C21H26N4O2. The number of hydrogen-bond donors (Lipinski definition) is 1. The summed E-state index contributed by atoms with van der Waals surface area (Å²) in [6, 6.07) is 12.1. The van der Waals surface area contributed by atoms with Gasteiger partial charge in [0.05, 0.1) is 18.8 Å². The predicted molar refractivity (Wildman–Crippen MR) is 105 cm³/mol.